The summed E-state index contributed by atoms with van der Waals surface area (Å²) in [5, 5.41) is 11.2. The van der Waals surface area contributed by atoms with Crippen molar-refractivity contribution in [2.24, 2.45) is 5.92 Å². The number of pyridine rings is 1. The maximum absolute atomic E-state index is 15.4. The fourth-order valence-corrected chi connectivity index (χ4v) is 4.71. The van der Waals surface area contributed by atoms with E-state index < -0.39 is 23.5 Å². The summed E-state index contributed by atoms with van der Waals surface area (Å²) in [5.41, 5.74) is 0.346. The average molecular weight is 536 g/mol. The van der Waals surface area contributed by atoms with Crippen LogP contribution in [-0.2, 0) is 15.9 Å². The minimum Gasteiger partial charge on any atom is -0.477 e. The van der Waals surface area contributed by atoms with Crippen LogP contribution >= 0.6 is 20.8 Å². The topological polar surface area (TPSA) is 77.8 Å². The van der Waals surface area contributed by atoms with E-state index in [1.807, 2.05) is 26.8 Å². The molecule has 36 heavy (non-hydrogen) atoms. The van der Waals surface area contributed by atoms with Gasteiger partial charge in [-0.3, -0.25) is 4.79 Å². The molecule has 194 valence electrons. The van der Waals surface area contributed by atoms with Crippen molar-refractivity contribution in [1.29, 1.82) is 0 Å². The van der Waals surface area contributed by atoms with E-state index in [0.717, 1.165) is 17.3 Å². The number of carboxylic acids is 1. The number of hydrogen-bond donors (Lipinski definition) is 1. The van der Waals surface area contributed by atoms with E-state index in [0.29, 0.717) is 17.0 Å². The second kappa shape index (κ2) is 12.3. The van der Waals surface area contributed by atoms with Crippen LogP contribution in [0.25, 0.3) is 10.9 Å². The number of hydrogen-bond acceptors (Lipinski definition) is 4. The molecule has 3 rings (SSSR count). The SMILES string of the molecule is CCCC(OC)OCC(C(C)C)n1cc(C(=O)O)c(=O)c2cc(Cc3cccc(Cl)c3P)c(F)cc21. The molecular formula is C27H32ClFNO5P. The zero-order valence-electron chi connectivity index (χ0n) is 20.9. The average Bonchev–Trinajstić information content (AvgIpc) is 2.83. The van der Waals surface area contributed by atoms with Crippen molar-refractivity contribution in [3.8, 4) is 0 Å². The fourth-order valence-electron chi connectivity index (χ4n) is 4.22. The van der Waals surface area contributed by atoms with Crippen molar-refractivity contribution in [3.63, 3.8) is 0 Å². The molecule has 0 fully saturated rings. The first-order valence-corrected chi connectivity index (χ1v) is 12.8. The predicted molar refractivity (Wildman–Crippen MR) is 144 cm³/mol. The van der Waals surface area contributed by atoms with Gasteiger partial charge >= 0.3 is 5.97 Å². The van der Waals surface area contributed by atoms with Crippen LogP contribution in [0, 0.1) is 11.7 Å². The van der Waals surface area contributed by atoms with Gasteiger partial charge in [0.2, 0.25) is 5.43 Å². The summed E-state index contributed by atoms with van der Waals surface area (Å²) in [7, 11) is 4.12. The molecule has 0 saturated carbocycles. The van der Waals surface area contributed by atoms with Gasteiger partial charge in [-0.05, 0) is 47.0 Å². The number of rotatable bonds is 11. The van der Waals surface area contributed by atoms with E-state index in [2.05, 4.69) is 9.24 Å². The Hall–Kier alpha value is -2.31. The third-order valence-corrected chi connectivity index (χ3v) is 7.52. The maximum Gasteiger partial charge on any atom is 0.341 e. The molecule has 0 bridgehead atoms. The van der Waals surface area contributed by atoms with Crippen LogP contribution in [-0.4, -0.2) is 35.6 Å². The van der Waals surface area contributed by atoms with E-state index in [1.54, 1.807) is 23.8 Å². The first-order valence-electron chi connectivity index (χ1n) is 11.9. The van der Waals surface area contributed by atoms with Gasteiger partial charge in [0.05, 0.1) is 18.2 Å². The number of methoxy groups -OCH3 is 1. The summed E-state index contributed by atoms with van der Waals surface area (Å²) in [4.78, 5) is 25.1. The molecule has 0 aliphatic carbocycles. The smallest absolute Gasteiger partial charge is 0.341 e. The van der Waals surface area contributed by atoms with Crippen molar-refractivity contribution < 1.29 is 23.8 Å². The fraction of sp³-hybridized carbons (Fsp3) is 0.407. The molecule has 3 aromatic rings. The van der Waals surface area contributed by atoms with E-state index in [-0.39, 0.29) is 41.5 Å². The van der Waals surface area contributed by atoms with Crippen LogP contribution in [0.15, 0.2) is 41.3 Å². The molecule has 0 radical (unpaired) electrons. The number of ether oxygens (including phenoxy) is 2. The predicted octanol–water partition coefficient (Wildman–Crippen LogP) is 5.57. The first kappa shape index (κ1) is 28.3. The Balaban J connectivity index is 2.16. The van der Waals surface area contributed by atoms with Gasteiger partial charge in [-0.2, -0.15) is 0 Å². The second-order valence-corrected chi connectivity index (χ2v) is 10.1. The van der Waals surface area contributed by atoms with Crippen LogP contribution < -0.4 is 10.7 Å². The van der Waals surface area contributed by atoms with Crippen molar-refractivity contribution in [1.82, 2.24) is 4.57 Å². The summed E-state index contributed by atoms with van der Waals surface area (Å²) in [5.74, 6) is -1.84. The lowest BCUT2D eigenvalue weighted by atomic mass is 9.99. The lowest BCUT2D eigenvalue weighted by molar-refractivity contribution is -0.137. The van der Waals surface area contributed by atoms with Gasteiger partial charge in [-0.25, -0.2) is 9.18 Å². The number of benzene rings is 2. The van der Waals surface area contributed by atoms with Crippen molar-refractivity contribution >= 4 is 43.0 Å². The molecule has 2 aromatic carbocycles. The van der Waals surface area contributed by atoms with Gasteiger partial charge in [0.1, 0.15) is 11.4 Å². The lowest BCUT2D eigenvalue weighted by Gasteiger charge is -2.28. The van der Waals surface area contributed by atoms with Crippen LogP contribution in [0.1, 0.15) is 61.1 Å². The minimum absolute atomic E-state index is 0.00893. The number of aromatic carboxylic acids is 1. The molecule has 0 aliphatic heterocycles. The molecule has 0 aliphatic rings. The molecule has 3 unspecified atom stereocenters. The third-order valence-electron chi connectivity index (χ3n) is 6.32. The summed E-state index contributed by atoms with van der Waals surface area (Å²) in [6, 6.07) is 7.74. The van der Waals surface area contributed by atoms with Crippen LogP contribution in [0.4, 0.5) is 4.39 Å². The molecule has 1 aromatic heterocycles. The van der Waals surface area contributed by atoms with E-state index in [4.69, 9.17) is 21.1 Å². The van der Waals surface area contributed by atoms with E-state index in [1.165, 1.54) is 18.3 Å². The molecule has 0 saturated heterocycles. The Labute approximate surface area is 217 Å². The summed E-state index contributed by atoms with van der Waals surface area (Å²) >= 11 is 6.21. The molecule has 6 nitrogen and oxygen atoms in total. The number of halogens is 2. The Kier molecular flexibility index (Phi) is 9.65. The molecule has 0 spiro atoms. The number of fused-ring (bicyclic) bond motifs is 1. The number of aromatic nitrogens is 1. The van der Waals surface area contributed by atoms with Gasteiger partial charge in [0.25, 0.3) is 0 Å². The largest absolute Gasteiger partial charge is 0.477 e. The highest BCUT2D eigenvalue weighted by atomic mass is 35.5. The second-order valence-electron chi connectivity index (χ2n) is 9.13. The number of carbonyl (C=O) groups is 1. The van der Waals surface area contributed by atoms with Crippen LogP contribution in [0.3, 0.4) is 0 Å². The standard InChI is InChI=1S/C27H32ClFNO5P/c1-5-7-24(34-4)35-14-23(15(2)3)30-13-19(27(32)33)25(31)18-11-17(21(29)12-22(18)30)10-16-8-6-9-20(28)26(16)36/h6,8-9,11-13,15,23-24H,5,7,10,14,36H2,1-4H3,(H,32,33). The van der Waals surface area contributed by atoms with Crippen molar-refractivity contribution in [2.45, 2.75) is 52.4 Å². The Morgan fingerprint density at radius 1 is 1.25 bits per heavy atom. The molecule has 0 amide bonds. The van der Waals surface area contributed by atoms with E-state index in [9.17, 15) is 14.7 Å². The first-order chi connectivity index (χ1) is 17.1. The summed E-state index contributed by atoms with van der Waals surface area (Å²) < 4.78 is 28.4. The number of carboxylic acid groups (broad SMARTS) is 1. The van der Waals surface area contributed by atoms with Gasteiger partial charge in [-0.1, -0.05) is 50.9 Å². The van der Waals surface area contributed by atoms with Gasteiger partial charge in [-0.15, -0.1) is 9.24 Å². The van der Waals surface area contributed by atoms with Gasteiger partial charge in [0.15, 0.2) is 6.29 Å². The Morgan fingerprint density at radius 2 is 1.97 bits per heavy atom. The Bertz CT molecular complexity index is 1310. The molecule has 3 atom stereocenters. The van der Waals surface area contributed by atoms with Gasteiger partial charge in [0, 0.05) is 30.1 Å². The Morgan fingerprint density at radius 3 is 2.58 bits per heavy atom. The third kappa shape index (κ3) is 6.15. The van der Waals surface area contributed by atoms with E-state index >= 15 is 4.39 Å². The summed E-state index contributed by atoms with van der Waals surface area (Å²) in [6.45, 7) is 6.15. The van der Waals surface area contributed by atoms with Crippen LogP contribution in [0.2, 0.25) is 5.02 Å². The maximum atomic E-state index is 15.4. The monoisotopic (exact) mass is 535 g/mol. The minimum atomic E-state index is -1.34. The van der Waals surface area contributed by atoms with Gasteiger partial charge < -0.3 is 19.1 Å². The summed E-state index contributed by atoms with van der Waals surface area (Å²) in [6.07, 6.45) is 2.64. The van der Waals surface area contributed by atoms with Crippen molar-refractivity contribution in [2.75, 3.05) is 13.7 Å². The normalized spacial score (nSPS) is 13.3. The molecule has 9 heteroatoms. The highest BCUT2D eigenvalue weighted by molar-refractivity contribution is 7.28. The molecular weight excluding hydrogens is 504 g/mol. The highest BCUT2D eigenvalue weighted by Crippen LogP contribution is 2.28. The molecule has 1 heterocycles. The van der Waals surface area contributed by atoms with Crippen LogP contribution in [0.5, 0.6) is 0 Å². The quantitative estimate of drug-likeness (QED) is 0.256. The highest BCUT2D eigenvalue weighted by Gasteiger charge is 2.24. The number of nitrogens with zero attached hydrogens (tertiary/aromatic N) is 1. The zero-order valence-corrected chi connectivity index (χ0v) is 22.8. The lowest BCUT2D eigenvalue weighted by Crippen LogP contribution is -2.28. The zero-order chi connectivity index (χ0) is 26.6. The molecule has 1 N–H and O–H groups in total. The van der Waals surface area contributed by atoms with Crippen molar-refractivity contribution in [3.05, 3.63) is 74.3 Å².